The third-order valence-electron chi connectivity index (χ3n) is 3.62. The summed E-state index contributed by atoms with van der Waals surface area (Å²) in [4.78, 5) is 11.7. The molecule has 2 unspecified atom stereocenters. The average Bonchev–Trinajstić information content (AvgIpc) is 2.29. The van der Waals surface area contributed by atoms with Crippen molar-refractivity contribution in [1.82, 2.24) is 9.78 Å². The van der Waals surface area contributed by atoms with Crippen LogP contribution in [0.1, 0.15) is 33.1 Å². The molecule has 1 heterocycles. The number of aromatic nitrogens is 2. The van der Waals surface area contributed by atoms with E-state index in [1.807, 2.05) is 0 Å². The van der Waals surface area contributed by atoms with E-state index in [2.05, 4.69) is 24.3 Å². The highest BCUT2D eigenvalue weighted by Crippen LogP contribution is 2.31. The van der Waals surface area contributed by atoms with Gasteiger partial charge in [-0.05, 0) is 31.1 Å². The SMILES string of the molecule is CC1CC(C)CC(Nc2cnn(C)c(=O)c2Cl)C1. The van der Waals surface area contributed by atoms with Crippen molar-refractivity contribution in [3.05, 3.63) is 21.6 Å². The summed E-state index contributed by atoms with van der Waals surface area (Å²) in [5, 5.41) is 7.61. The van der Waals surface area contributed by atoms with Crippen molar-refractivity contribution in [3.63, 3.8) is 0 Å². The molecule has 1 aromatic heterocycles. The van der Waals surface area contributed by atoms with Crippen LogP contribution in [0.25, 0.3) is 0 Å². The first-order valence-corrected chi connectivity index (χ1v) is 6.83. The highest BCUT2D eigenvalue weighted by atomic mass is 35.5. The molecule has 100 valence electrons. The second-order valence-corrected chi connectivity index (χ2v) is 5.94. The molecular formula is C13H20ClN3O. The molecule has 0 spiro atoms. The molecule has 0 saturated heterocycles. The lowest BCUT2D eigenvalue weighted by Gasteiger charge is -2.32. The second-order valence-electron chi connectivity index (χ2n) is 5.56. The Labute approximate surface area is 112 Å². The fourth-order valence-corrected chi connectivity index (χ4v) is 3.12. The van der Waals surface area contributed by atoms with Crippen LogP contribution in [-0.4, -0.2) is 15.8 Å². The Morgan fingerprint density at radius 2 is 1.94 bits per heavy atom. The van der Waals surface area contributed by atoms with Gasteiger partial charge >= 0.3 is 0 Å². The van der Waals surface area contributed by atoms with Gasteiger partial charge < -0.3 is 5.32 Å². The molecule has 1 aromatic rings. The van der Waals surface area contributed by atoms with E-state index in [1.165, 1.54) is 11.1 Å². The van der Waals surface area contributed by atoms with Crippen molar-refractivity contribution < 1.29 is 0 Å². The lowest BCUT2D eigenvalue weighted by Crippen LogP contribution is -2.31. The lowest BCUT2D eigenvalue weighted by atomic mass is 9.80. The molecule has 4 nitrogen and oxygen atoms in total. The molecule has 2 rings (SSSR count). The Morgan fingerprint density at radius 1 is 1.33 bits per heavy atom. The lowest BCUT2D eigenvalue weighted by molar-refractivity contribution is 0.281. The van der Waals surface area contributed by atoms with Crippen LogP contribution in [0.3, 0.4) is 0 Å². The zero-order valence-electron chi connectivity index (χ0n) is 11.1. The normalized spacial score (nSPS) is 28.1. The minimum absolute atomic E-state index is 0.235. The van der Waals surface area contributed by atoms with Crippen LogP contribution in [0.2, 0.25) is 5.02 Å². The number of nitrogens with one attached hydrogen (secondary N) is 1. The number of anilines is 1. The van der Waals surface area contributed by atoms with Crippen molar-refractivity contribution in [2.75, 3.05) is 5.32 Å². The van der Waals surface area contributed by atoms with E-state index in [0.717, 1.165) is 12.8 Å². The van der Waals surface area contributed by atoms with E-state index in [-0.39, 0.29) is 10.6 Å². The summed E-state index contributed by atoms with van der Waals surface area (Å²) in [6, 6.07) is 0.384. The Morgan fingerprint density at radius 3 is 2.56 bits per heavy atom. The Hall–Kier alpha value is -1.03. The Kier molecular flexibility index (Phi) is 3.95. The van der Waals surface area contributed by atoms with Gasteiger partial charge in [-0.15, -0.1) is 0 Å². The topological polar surface area (TPSA) is 46.9 Å². The molecule has 1 aliphatic carbocycles. The van der Waals surface area contributed by atoms with Gasteiger partial charge in [0.15, 0.2) is 0 Å². The molecule has 2 atom stereocenters. The van der Waals surface area contributed by atoms with Gasteiger partial charge in [0.05, 0.1) is 11.9 Å². The third-order valence-corrected chi connectivity index (χ3v) is 3.98. The van der Waals surface area contributed by atoms with Crippen molar-refractivity contribution in [1.29, 1.82) is 0 Å². The Balaban J connectivity index is 2.14. The summed E-state index contributed by atoms with van der Waals surface area (Å²) in [7, 11) is 1.60. The minimum Gasteiger partial charge on any atom is -0.380 e. The zero-order valence-corrected chi connectivity index (χ0v) is 11.9. The van der Waals surface area contributed by atoms with Gasteiger partial charge in [0.2, 0.25) is 0 Å². The molecule has 0 bridgehead atoms. The fourth-order valence-electron chi connectivity index (χ4n) is 2.90. The van der Waals surface area contributed by atoms with Crippen molar-refractivity contribution in [2.24, 2.45) is 18.9 Å². The van der Waals surface area contributed by atoms with Crippen LogP contribution < -0.4 is 10.9 Å². The van der Waals surface area contributed by atoms with Gasteiger partial charge in [-0.1, -0.05) is 25.4 Å². The summed E-state index contributed by atoms with van der Waals surface area (Å²) >= 11 is 6.05. The number of hydrogen-bond donors (Lipinski definition) is 1. The first kappa shape index (κ1) is 13.4. The van der Waals surface area contributed by atoms with E-state index >= 15 is 0 Å². The molecule has 1 aliphatic rings. The molecular weight excluding hydrogens is 250 g/mol. The van der Waals surface area contributed by atoms with E-state index < -0.39 is 0 Å². The van der Waals surface area contributed by atoms with Gasteiger partial charge in [0.1, 0.15) is 5.02 Å². The molecule has 0 aliphatic heterocycles. The zero-order chi connectivity index (χ0) is 13.3. The number of halogens is 1. The maximum atomic E-state index is 11.7. The predicted molar refractivity (Wildman–Crippen MR) is 74.1 cm³/mol. The van der Waals surface area contributed by atoms with E-state index in [9.17, 15) is 4.79 Å². The Bertz CT molecular complexity index is 476. The average molecular weight is 270 g/mol. The van der Waals surface area contributed by atoms with Gasteiger partial charge in [0.25, 0.3) is 5.56 Å². The van der Waals surface area contributed by atoms with E-state index in [1.54, 1.807) is 13.2 Å². The molecule has 1 saturated carbocycles. The second kappa shape index (κ2) is 5.31. The number of rotatable bonds is 2. The smallest absolute Gasteiger partial charge is 0.287 e. The van der Waals surface area contributed by atoms with Gasteiger partial charge in [-0.3, -0.25) is 4.79 Å². The minimum atomic E-state index is -0.251. The summed E-state index contributed by atoms with van der Waals surface area (Å²) in [5.41, 5.74) is 0.407. The fraction of sp³-hybridized carbons (Fsp3) is 0.692. The molecule has 1 fully saturated rings. The van der Waals surface area contributed by atoms with Crippen LogP contribution in [0.5, 0.6) is 0 Å². The van der Waals surface area contributed by atoms with Crippen molar-refractivity contribution >= 4 is 17.3 Å². The predicted octanol–water partition coefficient (Wildman–Crippen LogP) is 2.67. The van der Waals surface area contributed by atoms with Gasteiger partial charge in [-0.2, -0.15) is 5.10 Å². The number of aryl methyl sites for hydroxylation is 1. The molecule has 0 aromatic carbocycles. The van der Waals surface area contributed by atoms with E-state index in [0.29, 0.717) is 23.6 Å². The van der Waals surface area contributed by atoms with Crippen LogP contribution in [0, 0.1) is 11.8 Å². The van der Waals surface area contributed by atoms with Crippen LogP contribution in [0.4, 0.5) is 5.69 Å². The van der Waals surface area contributed by atoms with Gasteiger partial charge in [0, 0.05) is 13.1 Å². The maximum Gasteiger partial charge on any atom is 0.287 e. The van der Waals surface area contributed by atoms with Crippen molar-refractivity contribution in [2.45, 2.75) is 39.2 Å². The first-order chi connectivity index (χ1) is 8.47. The van der Waals surface area contributed by atoms with Gasteiger partial charge in [-0.25, -0.2) is 4.68 Å². The van der Waals surface area contributed by atoms with E-state index in [4.69, 9.17) is 11.6 Å². The number of hydrogen-bond acceptors (Lipinski definition) is 3. The van der Waals surface area contributed by atoms with Crippen LogP contribution >= 0.6 is 11.6 Å². The highest BCUT2D eigenvalue weighted by molar-refractivity contribution is 6.32. The number of nitrogens with zero attached hydrogens (tertiary/aromatic N) is 2. The largest absolute Gasteiger partial charge is 0.380 e. The first-order valence-electron chi connectivity index (χ1n) is 6.45. The monoisotopic (exact) mass is 269 g/mol. The van der Waals surface area contributed by atoms with Crippen LogP contribution in [-0.2, 0) is 7.05 Å². The quantitative estimate of drug-likeness (QED) is 0.898. The van der Waals surface area contributed by atoms with Crippen LogP contribution in [0.15, 0.2) is 11.0 Å². The highest BCUT2D eigenvalue weighted by Gasteiger charge is 2.24. The summed E-state index contributed by atoms with van der Waals surface area (Å²) in [6.45, 7) is 4.54. The molecule has 0 amide bonds. The maximum absolute atomic E-state index is 11.7. The third kappa shape index (κ3) is 2.86. The molecule has 1 N–H and O–H groups in total. The standard InChI is InChI=1S/C13H20ClN3O/c1-8-4-9(2)6-10(5-8)16-11-7-15-17(3)13(18)12(11)14/h7-10,16H,4-6H2,1-3H3. The molecule has 5 heteroatoms. The molecule has 0 radical (unpaired) electrons. The molecule has 18 heavy (non-hydrogen) atoms. The summed E-state index contributed by atoms with van der Waals surface area (Å²) < 4.78 is 1.25. The summed E-state index contributed by atoms with van der Waals surface area (Å²) in [6.07, 6.45) is 5.15. The summed E-state index contributed by atoms with van der Waals surface area (Å²) in [5.74, 6) is 1.43. The van der Waals surface area contributed by atoms with Crippen molar-refractivity contribution in [3.8, 4) is 0 Å².